The summed E-state index contributed by atoms with van der Waals surface area (Å²) in [4.78, 5) is 34.6. The number of rotatable bonds is 6. The summed E-state index contributed by atoms with van der Waals surface area (Å²) in [6.45, 7) is 4.81. The van der Waals surface area contributed by atoms with Crippen molar-refractivity contribution in [3.63, 3.8) is 0 Å². The van der Waals surface area contributed by atoms with E-state index in [0.717, 1.165) is 6.54 Å². The Balaban J connectivity index is 1.25. The average molecular weight is 422 g/mol. The van der Waals surface area contributed by atoms with E-state index < -0.39 is 6.10 Å². The number of nitrogens with zero attached hydrogens (tertiary/aromatic N) is 4. The molecule has 162 valence electrons. The van der Waals surface area contributed by atoms with Gasteiger partial charge in [-0.25, -0.2) is 4.98 Å². The molecule has 2 fully saturated rings. The van der Waals surface area contributed by atoms with Gasteiger partial charge in [-0.3, -0.25) is 19.2 Å². The molecule has 1 unspecified atom stereocenters. The van der Waals surface area contributed by atoms with Gasteiger partial charge in [0.15, 0.2) is 5.82 Å². The second-order valence-electron chi connectivity index (χ2n) is 8.16. The fourth-order valence-corrected chi connectivity index (χ4v) is 4.09. The highest BCUT2D eigenvalue weighted by atomic mass is 16.5. The standard InChI is InChI=1S/C22H26N6O3/c1-2-28-17(14-7-8-14)11-19(26-28)24-22(30)18-12-27(9-10-31-18)13-20-23-16-6-4-3-5-15(16)21(29)25-20/h3-6,11,14,18H,2,7-10,12-13H2,1H3,(H,23,25,29)(H,24,26,30). The van der Waals surface area contributed by atoms with Gasteiger partial charge >= 0.3 is 0 Å². The number of ether oxygens (including phenoxy) is 1. The summed E-state index contributed by atoms with van der Waals surface area (Å²) < 4.78 is 7.68. The predicted molar refractivity (Wildman–Crippen MR) is 116 cm³/mol. The van der Waals surface area contributed by atoms with Crippen LogP contribution in [0.5, 0.6) is 0 Å². The van der Waals surface area contributed by atoms with Crippen molar-refractivity contribution in [1.82, 2.24) is 24.6 Å². The first-order valence-corrected chi connectivity index (χ1v) is 10.8. The van der Waals surface area contributed by atoms with Gasteiger partial charge in [-0.2, -0.15) is 5.10 Å². The van der Waals surface area contributed by atoms with Gasteiger partial charge in [0, 0.05) is 37.3 Å². The summed E-state index contributed by atoms with van der Waals surface area (Å²) in [5.41, 5.74) is 1.71. The normalized spacial score (nSPS) is 19.6. The van der Waals surface area contributed by atoms with Gasteiger partial charge in [-0.1, -0.05) is 12.1 Å². The lowest BCUT2D eigenvalue weighted by atomic mass is 10.2. The first-order chi connectivity index (χ1) is 15.1. The number of amides is 1. The number of hydrogen-bond acceptors (Lipinski definition) is 6. The number of carbonyl (C=O) groups excluding carboxylic acids is 1. The molecule has 1 aromatic carbocycles. The van der Waals surface area contributed by atoms with Crippen LogP contribution in [0.15, 0.2) is 35.1 Å². The topological polar surface area (TPSA) is 105 Å². The summed E-state index contributed by atoms with van der Waals surface area (Å²) in [7, 11) is 0. The Kier molecular flexibility index (Phi) is 5.29. The Morgan fingerprint density at radius 1 is 1.32 bits per heavy atom. The number of morpholine rings is 1. The molecule has 0 radical (unpaired) electrons. The second kappa shape index (κ2) is 8.24. The maximum absolute atomic E-state index is 12.8. The summed E-state index contributed by atoms with van der Waals surface area (Å²) >= 11 is 0. The molecule has 2 aliphatic rings. The van der Waals surface area contributed by atoms with Crippen LogP contribution in [0, 0.1) is 0 Å². The molecular weight excluding hydrogens is 396 g/mol. The molecule has 0 spiro atoms. The molecule has 3 aromatic rings. The lowest BCUT2D eigenvalue weighted by Gasteiger charge is -2.31. The lowest BCUT2D eigenvalue weighted by Crippen LogP contribution is -2.47. The highest BCUT2D eigenvalue weighted by molar-refractivity contribution is 5.93. The number of aromatic amines is 1. The van der Waals surface area contributed by atoms with Gasteiger partial charge in [0.1, 0.15) is 11.9 Å². The summed E-state index contributed by atoms with van der Waals surface area (Å²) in [5, 5.41) is 8.00. The SMILES string of the molecule is CCn1nc(NC(=O)C2CN(Cc3nc4ccccc4c(=O)[nH]3)CCO2)cc1C1CC1. The minimum absolute atomic E-state index is 0.152. The summed E-state index contributed by atoms with van der Waals surface area (Å²) in [6.07, 6.45) is 1.77. The van der Waals surface area contributed by atoms with Crippen LogP contribution in [0.3, 0.4) is 0 Å². The average Bonchev–Trinajstić information content (AvgIpc) is 3.54. The number of para-hydroxylation sites is 1. The van der Waals surface area contributed by atoms with Crippen LogP contribution in [-0.2, 0) is 22.6 Å². The zero-order valence-corrected chi connectivity index (χ0v) is 17.5. The van der Waals surface area contributed by atoms with Crippen LogP contribution in [0.4, 0.5) is 5.82 Å². The van der Waals surface area contributed by atoms with Crippen LogP contribution >= 0.6 is 0 Å². The molecule has 31 heavy (non-hydrogen) atoms. The summed E-state index contributed by atoms with van der Waals surface area (Å²) in [5.74, 6) is 1.53. The third-order valence-corrected chi connectivity index (χ3v) is 5.84. The van der Waals surface area contributed by atoms with E-state index in [-0.39, 0.29) is 11.5 Å². The van der Waals surface area contributed by atoms with Crippen molar-refractivity contribution in [2.24, 2.45) is 0 Å². The number of nitrogens with one attached hydrogen (secondary N) is 2. The van der Waals surface area contributed by atoms with E-state index in [1.54, 1.807) is 6.07 Å². The van der Waals surface area contributed by atoms with E-state index in [2.05, 4.69) is 32.2 Å². The number of anilines is 1. The van der Waals surface area contributed by atoms with Crippen LogP contribution in [0.1, 0.15) is 37.2 Å². The summed E-state index contributed by atoms with van der Waals surface area (Å²) in [6, 6.07) is 9.25. The van der Waals surface area contributed by atoms with Gasteiger partial charge in [0.2, 0.25) is 0 Å². The molecule has 1 atom stereocenters. The van der Waals surface area contributed by atoms with Crippen molar-refractivity contribution >= 4 is 22.6 Å². The van der Waals surface area contributed by atoms with Crippen molar-refractivity contribution in [3.8, 4) is 0 Å². The largest absolute Gasteiger partial charge is 0.366 e. The molecule has 5 rings (SSSR count). The number of benzene rings is 1. The zero-order valence-electron chi connectivity index (χ0n) is 17.5. The molecule has 1 aliphatic carbocycles. The highest BCUT2D eigenvalue weighted by Crippen LogP contribution is 2.40. The number of carbonyl (C=O) groups is 1. The smallest absolute Gasteiger partial charge is 0.258 e. The van der Waals surface area contributed by atoms with Crippen molar-refractivity contribution in [1.29, 1.82) is 0 Å². The predicted octanol–water partition coefficient (Wildman–Crippen LogP) is 1.86. The molecule has 1 saturated carbocycles. The van der Waals surface area contributed by atoms with Crippen molar-refractivity contribution < 1.29 is 9.53 Å². The zero-order chi connectivity index (χ0) is 21.4. The van der Waals surface area contributed by atoms with Gasteiger partial charge in [-0.05, 0) is 31.9 Å². The van der Waals surface area contributed by atoms with Crippen molar-refractivity contribution in [2.75, 3.05) is 25.0 Å². The van der Waals surface area contributed by atoms with Crippen molar-refractivity contribution in [2.45, 2.75) is 44.9 Å². The molecule has 1 amide bonds. The third kappa shape index (κ3) is 4.24. The maximum atomic E-state index is 12.8. The number of fused-ring (bicyclic) bond motifs is 1. The fourth-order valence-electron chi connectivity index (χ4n) is 4.09. The van der Waals surface area contributed by atoms with Gasteiger partial charge < -0.3 is 15.0 Å². The first kappa shape index (κ1) is 19.9. The van der Waals surface area contributed by atoms with E-state index in [1.165, 1.54) is 18.5 Å². The number of aromatic nitrogens is 4. The van der Waals surface area contributed by atoms with E-state index in [1.807, 2.05) is 28.9 Å². The maximum Gasteiger partial charge on any atom is 0.258 e. The van der Waals surface area contributed by atoms with Crippen LogP contribution in [0.25, 0.3) is 10.9 Å². The molecule has 2 aromatic heterocycles. The molecule has 9 heteroatoms. The highest BCUT2D eigenvalue weighted by Gasteiger charge is 2.30. The molecule has 1 saturated heterocycles. The Hall–Kier alpha value is -3.04. The van der Waals surface area contributed by atoms with E-state index in [4.69, 9.17) is 4.74 Å². The quantitative estimate of drug-likeness (QED) is 0.628. The third-order valence-electron chi connectivity index (χ3n) is 5.84. The van der Waals surface area contributed by atoms with Crippen LogP contribution in [-0.4, -0.2) is 56.4 Å². The number of hydrogen-bond donors (Lipinski definition) is 2. The number of H-pyrrole nitrogens is 1. The Bertz CT molecular complexity index is 1170. The number of aryl methyl sites for hydroxylation is 1. The minimum atomic E-state index is -0.600. The first-order valence-electron chi connectivity index (χ1n) is 10.8. The molecule has 2 N–H and O–H groups in total. The molecule has 9 nitrogen and oxygen atoms in total. The molecule has 1 aliphatic heterocycles. The van der Waals surface area contributed by atoms with Crippen molar-refractivity contribution in [3.05, 3.63) is 52.2 Å². The Morgan fingerprint density at radius 2 is 2.16 bits per heavy atom. The van der Waals surface area contributed by atoms with Crippen LogP contribution < -0.4 is 10.9 Å². The monoisotopic (exact) mass is 422 g/mol. The van der Waals surface area contributed by atoms with E-state index in [0.29, 0.717) is 54.7 Å². The van der Waals surface area contributed by atoms with E-state index in [9.17, 15) is 9.59 Å². The minimum Gasteiger partial charge on any atom is -0.366 e. The molecular formula is C22H26N6O3. The molecule has 0 bridgehead atoms. The van der Waals surface area contributed by atoms with E-state index >= 15 is 0 Å². The van der Waals surface area contributed by atoms with Gasteiger partial charge in [-0.15, -0.1) is 0 Å². The Labute approximate surface area is 179 Å². The van der Waals surface area contributed by atoms with Gasteiger partial charge in [0.25, 0.3) is 11.5 Å². The fraction of sp³-hybridized carbons (Fsp3) is 0.455. The van der Waals surface area contributed by atoms with Crippen LogP contribution in [0.2, 0.25) is 0 Å². The second-order valence-corrected chi connectivity index (χ2v) is 8.16. The lowest BCUT2D eigenvalue weighted by molar-refractivity contribution is -0.133. The van der Waals surface area contributed by atoms with Gasteiger partial charge in [0.05, 0.1) is 24.1 Å². The molecule has 3 heterocycles. The Morgan fingerprint density at radius 3 is 2.97 bits per heavy atom.